The van der Waals surface area contributed by atoms with E-state index in [2.05, 4.69) is 15.2 Å². The molecule has 3 heterocycles. The molecule has 6 nitrogen and oxygen atoms in total. The molecule has 2 aromatic heterocycles. The van der Waals surface area contributed by atoms with Crippen molar-refractivity contribution in [3.05, 3.63) is 33.7 Å². The third-order valence-corrected chi connectivity index (χ3v) is 4.96. The monoisotopic (exact) mass is 348 g/mol. The van der Waals surface area contributed by atoms with E-state index in [4.69, 9.17) is 0 Å². The molecule has 0 aliphatic carbocycles. The number of amides is 1. The van der Waals surface area contributed by atoms with Crippen LogP contribution >= 0.6 is 11.3 Å². The maximum atomic E-state index is 12.3. The third-order valence-electron chi connectivity index (χ3n) is 4.20. The van der Waals surface area contributed by atoms with Crippen LogP contribution in [0.15, 0.2) is 22.4 Å². The molecule has 1 amide bonds. The van der Waals surface area contributed by atoms with Gasteiger partial charge >= 0.3 is 0 Å². The van der Waals surface area contributed by atoms with Gasteiger partial charge in [-0.15, -0.1) is 11.3 Å². The van der Waals surface area contributed by atoms with Crippen molar-refractivity contribution in [2.45, 2.75) is 45.7 Å². The van der Waals surface area contributed by atoms with Crippen LogP contribution < -0.4 is 10.9 Å². The molecule has 1 aliphatic heterocycles. The number of nitrogens with one attached hydrogen (secondary N) is 1. The maximum Gasteiger partial charge on any atom is 0.258 e. The molecule has 0 unspecified atom stereocenters. The summed E-state index contributed by atoms with van der Waals surface area (Å²) in [5.41, 5.74) is 0.590. The predicted octanol–water partition coefficient (Wildman–Crippen LogP) is 1.88. The van der Waals surface area contributed by atoms with Crippen LogP contribution in [0.2, 0.25) is 0 Å². The van der Waals surface area contributed by atoms with Crippen LogP contribution in [-0.2, 0) is 11.3 Å². The average Bonchev–Trinajstić information content (AvgIpc) is 2.95. The number of likely N-dealkylation sites (tertiary alicyclic amines) is 1. The molecule has 1 fully saturated rings. The summed E-state index contributed by atoms with van der Waals surface area (Å²) in [6.45, 7) is 8.39. The van der Waals surface area contributed by atoms with E-state index in [1.807, 2.05) is 26.2 Å². The Labute approximate surface area is 145 Å². The molecule has 24 heavy (non-hydrogen) atoms. The molecule has 1 saturated heterocycles. The van der Waals surface area contributed by atoms with E-state index in [-0.39, 0.29) is 22.9 Å². The zero-order valence-corrected chi connectivity index (χ0v) is 15.2. The van der Waals surface area contributed by atoms with Crippen molar-refractivity contribution in [1.82, 2.24) is 19.6 Å². The molecule has 0 spiro atoms. The van der Waals surface area contributed by atoms with Gasteiger partial charge in [0.2, 0.25) is 5.91 Å². The second kappa shape index (κ2) is 6.64. The fourth-order valence-corrected chi connectivity index (χ4v) is 3.76. The molecule has 2 aromatic rings. The number of hydrogen-bond donors (Lipinski definition) is 1. The number of rotatable bonds is 3. The molecule has 3 rings (SSSR count). The van der Waals surface area contributed by atoms with Gasteiger partial charge in [-0.25, -0.2) is 4.98 Å². The summed E-state index contributed by atoms with van der Waals surface area (Å²) in [6.07, 6.45) is 3.45. The van der Waals surface area contributed by atoms with Crippen molar-refractivity contribution < 1.29 is 4.79 Å². The fraction of sp³-hybridized carbons (Fsp3) is 0.588. The smallest absolute Gasteiger partial charge is 0.258 e. The first-order chi connectivity index (χ1) is 11.3. The topological polar surface area (TPSA) is 66.7 Å². The number of aromatic nitrogens is 2. The van der Waals surface area contributed by atoms with Gasteiger partial charge in [0.15, 0.2) is 4.96 Å². The van der Waals surface area contributed by atoms with Crippen molar-refractivity contribution in [2.24, 2.45) is 5.92 Å². The van der Waals surface area contributed by atoms with Crippen molar-refractivity contribution in [3.8, 4) is 0 Å². The lowest BCUT2D eigenvalue weighted by Gasteiger charge is -2.32. The fourth-order valence-electron chi connectivity index (χ4n) is 3.02. The van der Waals surface area contributed by atoms with Crippen LogP contribution in [0, 0.1) is 5.92 Å². The Bertz CT molecular complexity index is 782. The Hall–Kier alpha value is -1.73. The van der Waals surface area contributed by atoms with Gasteiger partial charge in [0, 0.05) is 35.6 Å². The number of carbonyl (C=O) groups is 1. The minimum atomic E-state index is -0.184. The quantitative estimate of drug-likeness (QED) is 0.920. The van der Waals surface area contributed by atoms with E-state index in [9.17, 15) is 9.59 Å². The van der Waals surface area contributed by atoms with Crippen molar-refractivity contribution in [2.75, 3.05) is 13.1 Å². The number of nitrogens with zero attached hydrogens (tertiary/aromatic N) is 3. The van der Waals surface area contributed by atoms with Gasteiger partial charge in [0.1, 0.15) is 0 Å². The molecular formula is C17H24N4O2S. The molecule has 0 atom stereocenters. The second-order valence-electron chi connectivity index (χ2n) is 7.43. The highest BCUT2D eigenvalue weighted by atomic mass is 32.1. The summed E-state index contributed by atoms with van der Waals surface area (Å²) >= 11 is 1.47. The highest BCUT2D eigenvalue weighted by Crippen LogP contribution is 2.20. The molecule has 0 radical (unpaired) electrons. The summed E-state index contributed by atoms with van der Waals surface area (Å²) < 4.78 is 1.57. The average molecular weight is 348 g/mol. The summed E-state index contributed by atoms with van der Waals surface area (Å²) in [5.74, 6) is 0.234. The van der Waals surface area contributed by atoms with E-state index in [1.54, 1.807) is 16.7 Å². The van der Waals surface area contributed by atoms with E-state index >= 15 is 0 Å². The normalized spacial score (nSPS) is 17.3. The second-order valence-corrected chi connectivity index (χ2v) is 8.30. The Morgan fingerprint density at radius 2 is 2.08 bits per heavy atom. The van der Waals surface area contributed by atoms with Gasteiger partial charge in [0.05, 0.1) is 5.69 Å². The molecule has 7 heteroatoms. The third kappa shape index (κ3) is 4.02. The van der Waals surface area contributed by atoms with Crippen LogP contribution in [0.3, 0.4) is 0 Å². The molecule has 0 bridgehead atoms. The van der Waals surface area contributed by atoms with Crippen LogP contribution in [0.4, 0.5) is 0 Å². The zero-order chi connectivity index (χ0) is 17.3. The molecule has 0 saturated carbocycles. The molecule has 1 N–H and O–H groups in total. The lowest BCUT2D eigenvalue weighted by atomic mass is 9.94. The van der Waals surface area contributed by atoms with Crippen LogP contribution in [0.5, 0.6) is 0 Å². The largest absolute Gasteiger partial charge is 0.351 e. The van der Waals surface area contributed by atoms with Crippen molar-refractivity contribution >= 4 is 22.2 Å². The van der Waals surface area contributed by atoms with Crippen LogP contribution in [0.25, 0.3) is 4.96 Å². The van der Waals surface area contributed by atoms with Gasteiger partial charge in [-0.05, 0) is 46.7 Å². The lowest BCUT2D eigenvalue weighted by molar-refractivity contribution is -0.127. The van der Waals surface area contributed by atoms with E-state index < -0.39 is 0 Å². The van der Waals surface area contributed by atoms with Crippen molar-refractivity contribution in [1.29, 1.82) is 0 Å². The Morgan fingerprint density at radius 3 is 2.75 bits per heavy atom. The van der Waals surface area contributed by atoms with Gasteiger partial charge < -0.3 is 5.32 Å². The van der Waals surface area contributed by atoms with Crippen LogP contribution in [-0.4, -0.2) is 38.8 Å². The minimum absolute atomic E-state index is 0.0318. The standard InChI is InChI=1S/C17H24N4O2S/c1-17(2,3)19-15(23)12-4-6-20(7-5-12)11-13-10-14(22)21-8-9-24-16(21)18-13/h8-10,12H,4-7,11H2,1-3H3,(H,19,23). The van der Waals surface area contributed by atoms with Gasteiger partial charge in [0.25, 0.3) is 5.56 Å². The zero-order valence-electron chi connectivity index (χ0n) is 14.4. The Kier molecular flexibility index (Phi) is 4.73. The van der Waals surface area contributed by atoms with Crippen LogP contribution in [0.1, 0.15) is 39.3 Å². The SMILES string of the molecule is CC(C)(C)NC(=O)C1CCN(Cc2cc(=O)n3ccsc3n2)CC1. The highest BCUT2D eigenvalue weighted by Gasteiger charge is 2.27. The summed E-state index contributed by atoms with van der Waals surface area (Å²) in [6, 6.07) is 1.61. The molecular weight excluding hydrogens is 324 g/mol. The number of fused-ring (bicyclic) bond motifs is 1. The predicted molar refractivity (Wildman–Crippen MR) is 95.2 cm³/mol. The van der Waals surface area contributed by atoms with Gasteiger partial charge in [-0.2, -0.15) is 0 Å². The first-order valence-electron chi connectivity index (χ1n) is 8.32. The first kappa shape index (κ1) is 17.1. The van der Waals surface area contributed by atoms with E-state index in [0.29, 0.717) is 6.54 Å². The number of piperidine rings is 1. The highest BCUT2D eigenvalue weighted by molar-refractivity contribution is 7.15. The van der Waals surface area contributed by atoms with E-state index in [0.717, 1.165) is 36.6 Å². The number of carbonyl (C=O) groups excluding carboxylic acids is 1. The lowest BCUT2D eigenvalue weighted by Crippen LogP contribution is -2.46. The first-order valence-corrected chi connectivity index (χ1v) is 9.20. The van der Waals surface area contributed by atoms with Gasteiger partial charge in [-0.3, -0.25) is 18.9 Å². The summed E-state index contributed by atoms with van der Waals surface area (Å²) in [5, 5.41) is 4.93. The molecule has 0 aromatic carbocycles. The number of hydrogen-bond acceptors (Lipinski definition) is 5. The summed E-state index contributed by atoms with van der Waals surface area (Å²) in [4.78, 5) is 31.8. The van der Waals surface area contributed by atoms with Crippen molar-refractivity contribution in [3.63, 3.8) is 0 Å². The number of thiazole rings is 1. The minimum Gasteiger partial charge on any atom is -0.351 e. The molecule has 1 aliphatic rings. The molecule has 130 valence electrons. The summed E-state index contributed by atoms with van der Waals surface area (Å²) in [7, 11) is 0. The Morgan fingerprint density at radius 1 is 1.38 bits per heavy atom. The Balaban J connectivity index is 1.58. The van der Waals surface area contributed by atoms with E-state index in [1.165, 1.54) is 11.3 Å². The van der Waals surface area contributed by atoms with Gasteiger partial charge in [-0.1, -0.05) is 0 Å². The maximum absolute atomic E-state index is 12.3.